The maximum Gasteiger partial charge on any atom is 0.223 e. The fourth-order valence-electron chi connectivity index (χ4n) is 2.36. The van der Waals surface area contributed by atoms with Crippen LogP contribution in [0.4, 0.5) is 0 Å². The zero-order valence-corrected chi connectivity index (χ0v) is 12.4. The third-order valence-electron chi connectivity index (χ3n) is 3.52. The molecular formula is C18H21NO3. The lowest BCUT2D eigenvalue weighted by Crippen LogP contribution is -2.30. The van der Waals surface area contributed by atoms with Crippen molar-refractivity contribution < 1.29 is 15.0 Å². The fourth-order valence-corrected chi connectivity index (χ4v) is 2.36. The van der Waals surface area contributed by atoms with Crippen molar-refractivity contribution in [3.05, 3.63) is 71.8 Å². The van der Waals surface area contributed by atoms with Gasteiger partial charge in [0.2, 0.25) is 5.91 Å². The Morgan fingerprint density at radius 3 is 2.05 bits per heavy atom. The number of aliphatic hydroxyl groups excluding tert-OH is 2. The molecule has 0 radical (unpaired) electrons. The monoisotopic (exact) mass is 299 g/mol. The molecule has 4 nitrogen and oxygen atoms in total. The summed E-state index contributed by atoms with van der Waals surface area (Å²) in [5, 5.41) is 22.1. The summed E-state index contributed by atoms with van der Waals surface area (Å²) in [6, 6.07) is 18.4. The smallest absolute Gasteiger partial charge is 0.223 e. The minimum Gasteiger partial charge on any atom is -0.396 e. The third kappa shape index (κ3) is 4.69. The van der Waals surface area contributed by atoms with Crippen LogP contribution < -0.4 is 5.32 Å². The zero-order valence-electron chi connectivity index (χ0n) is 12.4. The highest BCUT2D eigenvalue weighted by Gasteiger charge is 2.17. The van der Waals surface area contributed by atoms with Crippen molar-refractivity contribution in [1.82, 2.24) is 5.32 Å². The molecule has 2 rings (SSSR count). The van der Waals surface area contributed by atoms with E-state index < -0.39 is 6.10 Å². The van der Waals surface area contributed by atoms with Crippen LogP contribution in [-0.2, 0) is 4.79 Å². The van der Waals surface area contributed by atoms with E-state index >= 15 is 0 Å². The van der Waals surface area contributed by atoms with Crippen molar-refractivity contribution in [1.29, 1.82) is 0 Å². The van der Waals surface area contributed by atoms with Crippen LogP contribution in [0.15, 0.2) is 60.7 Å². The van der Waals surface area contributed by atoms with Gasteiger partial charge >= 0.3 is 0 Å². The van der Waals surface area contributed by atoms with Gasteiger partial charge < -0.3 is 15.5 Å². The van der Waals surface area contributed by atoms with Crippen molar-refractivity contribution in [2.75, 3.05) is 6.61 Å². The quantitative estimate of drug-likeness (QED) is 0.735. The van der Waals surface area contributed by atoms with Crippen LogP contribution in [0.25, 0.3) is 0 Å². The molecule has 0 saturated carbocycles. The highest BCUT2D eigenvalue weighted by atomic mass is 16.3. The van der Waals surface area contributed by atoms with Crippen molar-refractivity contribution in [2.24, 2.45) is 0 Å². The lowest BCUT2D eigenvalue weighted by molar-refractivity contribution is -0.123. The summed E-state index contributed by atoms with van der Waals surface area (Å²) in [7, 11) is 0. The lowest BCUT2D eigenvalue weighted by atomic mass is 10.0. The van der Waals surface area contributed by atoms with Crippen molar-refractivity contribution in [3.63, 3.8) is 0 Å². The van der Waals surface area contributed by atoms with Crippen LogP contribution in [0.1, 0.15) is 36.1 Å². The van der Waals surface area contributed by atoms with Gasteiger partial charge in [-0.1, -0.05) is 60.7 Å². The standard InChI is InChI=1S/C18H21NO3/c20-12-11-16(14-7-3-1-4-8-14)19-18(22)13-17(21)15-9-5-2-6-10-15/h1-10,16-17,20-21H,11-13H2,(H,19,22). The zero-order chi connectivity index (χ0) is 15.8. The minimum absolute atomic E-state index is 0.00121. The second kappa shape index (κ2) is 8.32. The number of aliphatic hydroxyl groups is 2. The van der Waals surface area contributed by atoms with Crippen molar-refractivity contribution in [3.8, 4) is 0 Å². The highest BCUT2D eigenvalue weighted by molar-refractivity contribution is 5.77. The van der Waals surface area contributed by atoms with Gasteiger partial charge in [-0.05, 0) is 17.5 Å². The summed E-state index contributed by atoms with van der Waals surface area (Å²) in [5.41, 5.74) is 1.66. The van der Waals surface area contributed by atoms with Crippen LogP contribution in [-0.4, -0.2) is 22.7 Å². The molecule has 0 heterocycles. The summed E-state index contributed by atoms with van der Waals surface area (Å²) in [5.74, 6) is -0.237. The van der Waals surface area contributed by atoms with Crippen molar-refractivity contribution in [2.45, 2.75) is 25.0 Å². The summed E-state index contributed by atoms with van der Waals surface area (Å²) < 4.78 is 0. The van der Waals surface area contributed by atoms with Gasteiger partial charge in [-0.2, -0.15) is 0 Å². The molecule has 2 aromatic carbocycles. The second-order valence-electron chi connectivity index (χ2n) is 5.17. The van der Waals surface area contributed by atoms with E-state index in [2.05, 4.69) is 5.32 Å². The number of carbonyl (C=O) groups excluding carboxylic acids is 1. The molecule has 1 amide bonds. The Morgan fingerprint density at radius 2 is 1.50 bits per heavy atom. The van der Waals surface area contributed by atoms with E-state index in [0.717, 1.165) is 11.1 Å². The van der Waals surface area contributed by atoms with Gasteiger partial charge in [-0.25, -0.2) is 0 Å². The molecular weight excluding hydrogens is 278 g/mol. The molecule has 0 aliphatic heterocycles. The van der Waals surface area contributed by atoms with E-state index in [0.29, 0.717) is 6.42 Å². The molecule has 0 fully saturated rings. The van der Waals surface area contributed by atoms with E-state index in [1.54, 1.807) is 12.1 Å². The second-order valence-corrected chi connectivity index (χ2v) is 5.17. The maximum atomic E-state index is 12.1. The molecule has 0 saturated heterocycles. The Balaban J connectivity index is 1.97. The van der Waals surface area contributed by atoms with Gasteiger partial charge in [-0.15, -0.1) is 0 Å². The van der Waals surface area contributed by atoms with Gasteiger partial charge in [0, 0.05) is 6.61 Å². The number of carbonyl (C=O) groups is 1. The van der Waals surface area contributed by atoms with Gasteiger partial charge in [0.05, 0.1) is 18.6 Å². The molecule has 4 heteroatoms. The maximum absolute atomic E-state index is 12.1. The van der Waals surface area contributed by atoms with Gasteiger partial charge in [-0.3, -0.25) is 4.79 Å². The topological polar surface area (TPSA) is 69.6 Å². The average Bonchev–Trinajstić information content (AvgIpc) is 2.56. The van der Waals surface area contributed by atoms with Gasteiger partial charge in [0.1, 0.15) is 0 Å². The predicted molar refractivity (Wildman–Crippen MR) is 85.0 cm³/mol. The largest absolute Gasteiger partial charge is 0.396 e. The number of hydrogen-bond acceptors (Lipinski definition) is 3. The molecule has 2 unspecified atom stereocenters. The summed E-state index contributed by atoms with van der Waals surface area (Å²) in [4.78, 5) is 12.1. The molecule has 2 atom stereocenters. The Bertz CT molecular complexity index is 571. The fraction of sp³-hybridized carbons (Fsp3) is 0.278. The molecule has 0 aliphatic carbocycles. The number of nitrogens with one attached hydrogen (secondary N) is 1. The van der Waals surface area contributed by atoms with E-state index in [4.69, 9.17) is 0 Å². The summed E-state index contributed by atoms with van der Waals surface area (Å²) in [6.45, 7) is -0.0128. The van der Waals surface area contributed by atoms with Crippen LogP contribution in [0.5, 0.6) is 0 Å². The van der Waals surface area contributed by atoms with Gasteiger partial charge in [0.25, 0.3) is 0 Å². The molecule has 116 valence electrons. The molecule has 2 aromatic rings. The average molecular weight is 299 g/mol. The molecule has 3 N–H and O–H groups in total. The Labute approximate surface area is 130 Å². The van der Waals surface area contributed by atoms with E-state index in [9.17, 15) is 15.0 Å². The number of rotatable bonds is 7. The first-order chi connectivity index (χ1) is 10.7. The normalized spacial score (nSPS) is 13.4. The molecule has 22 heavy (non-hydrogen) atoms. The predicted octanol–water partition coefficient (Wildman–Crippen LogP) is 2.35. The first-order valence-electron chi connectivity index (χ1n) is 7.39. The number of benzene rings is 2. The molecule has 0 bridgehead atoms. The van der Waals surface area contributed by atoms with Crippen LogP contribution >= 0.6 is 0 Å². The van der Waals surface area contributed by atoms with Crippen LogP contribution in [0.3, 0.4) is 0 Å². The SMILES string of the molecule is O=C(CC(O)c1ccccc1)NC(CCO)c1ccccc1. The van der Waals surface area contributed by atoms with Crippen molar-refractivity contribution >= 4 is 5.91 Å². The van der Waals surface area contributed by atoms with Crippen LogP contribution in [0.2, 0.25) is 0 Å². The Morgan fingerprint density at radius 1 is 0.955 bits per heavy atom. The van der Waals surface area contributed by atoms with Gasteiger partial charge in [0.15, 0.2) is 0 Å². The lowest BCUT2D eigenvalue weighted by Gasteiger charge is -2.19. The molecule has 0 spiro atoms. The first kappa shape index (κ1) is 16.2. The van der Waals surface area contributed by atoms with E-state index in [1.165, 1.54) is 0 Å². The first-order valence-corrected chi connectivity index (χ1v) is 7.39. The third-order valence-corrected chi connectivity index (χ3v) is 3.52. The molecule has 0 aromatic heterocycles. The highest BCUT2D eigenvalue weighted by Crippen LogP contribution is 2.19. The van der Waals surface area contributed by atoms with Crippen LogP contribution in [0, 0.1) is 0 Å². The Kier molecular flexibility index (Phi) is 6.13. The number of amides is 1. The van der Waals surface area contributed by atoms with E-state index in [1.807, 2.05) is 48.5 Å². The Hall–Kier alpha value is -2.17. The molecule has 0 aliphatic rings. The van der Waals surface area contributed by atoms with E-state index in [-0.39, 0.29) is 25.0 Å². The number of hydrogen-bond donors (Lipinski definition) is 3. The summed E-state index contributed by atoms with van der Waals surface area (Å²) in [6.07, 6.45) is -0.387. The summed E-state index contributed by atoms with van der Waals surface area (Å²) >= 11 is 0. The minimum atomic E-state index is -0.827.